The third kappa shape index (κ3) is 6.13. The molecule has 3 aromatic heterocycles. The van der Waals surface area contributed by atoms with Crippen molar-refractivity contribution in [1.29, 1.82) is 0 Å². The lowest BCUT2D eigenvalue weighted by molar-refractivity contribution is 0.668. The SMILES string of the molecule is c1ccc2c(-c3cccc4cc(N(c5ccc6oc7cccc(-c8cc9sc%10ccccc%10c9c9ccccc89)c7c6c5)c5cccc6c(-c7cccc8oc9ccccc9c78)cccc56)ccc34)cccc2c1. The third-order valence-corrected chi connectivity index (χ3v) is 16.6. The molecule has 16 aromatic rings. The van der Waals surface area contributed by atoms with Gasteiger partial charge in [-0.1, -0.05) is 182 Å². The van der Waals surface area contributed by atoms with Crippen molar-refractivity contribution in [2.75, 3.05) is 4.90 Å². The molecule has 4 heteroatoms. The van der Waals surface area contributed by atoms with Gasteiger partial charge in [-0.2, -0.15) is 0 Å². The summed E-state index contributed by atoms with van der Waals surface area (Å²) >= 11 is 1.87. The monoisotopic (exact) mass is 959 g/mol. The van der Waals surface area contributed by atoms with E-state index in [1.807, 2.05) is 17.4 Å². The quantitative estimate of drug-likeness (QED) is 0.166. The number of hydrogen-bond donors (Lipinski definition) is 0. The maximum absolute atomic E-state index is 6.82. The van der Waals surface area contributed by atoms with E-state index in [2.05, 4.69) is 248 Å². The predicted molar refractivity (Wildman–Crippen MR) is 315 cm³/mol. The third-order valence-electron chi connectivity index (χ3n) is 15.4. The van der Waals surface area contributed by atoms with Crippen LogP contribution in [0.1, 0.15) is 0 Å². The number of furan rings is 2. The second kappa shape index (κ2) is 16.0. The van der Waals surface area contributed by atoms with Gasteiger partial charge >= 0.3 is 0 Å². The summed E-state index contributed by atoms with van der Waals surface area (Å²) in [6.45, 7) is 0. The van der Waals surface area contributed by atoms with Crippen molar-refractivity contribution in [2.24, 2.45) is 0 Å². The van der Waals surface area contributed by atoms with Crippen LogP contribution in [0.15, 0.2) is 258 Å². The summed E-state index contributed by atoms with van der Waals surface area (Å²) in [5.41, 5.74) is 13.8. The van der Waals surface area contributed by atoms with Crippen molar-refractivity contribution in [3.05, 3.63) is 249 Å². The van der Waals surface area contributed by atoms with Crippen molar-refractivity contribution in [1.82, 2.24) is 0 Å². The van der Waals surface area contributed by atoms with E-state index in [-0.39, 0.29) is 0 Å². The molecule has 0 atom stereocenters. The average molecular weight is 960 g/mol. The van der Waals surface area contributed by atoms with Gasteiger partial charge in [0.05, 0.1) is 5.69 Å². The molecular weight excluding hydrogens is 919 g/mol. The van der Waals surface area contributed by atoms with Gasteiger partial charge in [0.25, 0.3) is 0 Å². The molecular formula is C70H41NO2S. The lowest BCUT2D eigenvalue weighted by atomic mass is 9.92. The molecule has 0 unspecified atom stereocenters. The fourth-order valence-electron chi connectivity index (χ4n) is 12.2. The Hall–Kier alpha value is -9.48. The molecule has 0 bridgehead atoms. The van der Waals surface area contributed by atoms with Crippen molar-refractivity contribution in [3.63, 3.8) is 0 Å². The van der Waals surface area contributed by atoms with Crippen molar-refractivity contribution in [3.8, 4) is 33.4 Å². The minimum absolute atomic E-state index is 0.849. The predicted octanol–water partition coefficient (Wildman–Crippen LogP) is 20.9. The molecule has 74 heavy (non-hydrogen) atoms. The lowest BCUT2D eigenvalue weighted by Gasteiger charge is -2.28. The molecule has 0 radical (unpaired) electrons. The highest BCUT2D eigenvalue weighted by atomic mass is 32.1. The molecule has 0 saturated heterocycles. The maximum atomic E-state index is 6.82. The van der Waals surface area contributed by atoms with Gasteiger partial charge < -0.3 is 13.7 Å². The van der Waals surface area contributed by atoms with Crippen LogP contribution in [0.2, 0.25) is 0 Å². The first kappa shape index (κ1) is 41.2. The van der Waals surface area contributed by atoms with Gasteiger partial charge in [0.1, 0.15) is 22.3 Å². The first-order valence-electron chi connectivity index (χ1n) is 25.2. The van der Waals surface area contributed by atoms with E-state index in [1.165, 1.54) is 63.8 Å². The highest BCUT2D eigenvalue weighted by Gasteiger charge is 2.23. The standard InChI is InChI=1S/C70H41NO2S/c1-2-18-46-42(15-1)16-9-23-48(46)49-24-10-17-43-39-44(35-37-47(43)49)71(61-30-12-26-50-51(25-11-27-53(50)61)54-28-13-32-64-68(54)57-21-5-7-31-62(57)72-64)45-36-38-63-60(40-45)69-56(29-14-33-65(69)73-63)59-41-67-70(55-20-4-3-19-52(55)59)58-22-6-8-34-66(58)74-67/h1-41H. The molecule has 0 aliphatic rings. The van der Waals surface area contributed by atoms with Gasteiger partial charge in [0, 0.05) is 58.5 Å². The Bertz CT molecular complexity index is 4990. The molecule has 0 aliphatic carbocycles. The zero-order valence-electron chi connectivity index (χ0n) is 39.8. The number of thiophene rings is 1. The highest BCUT2D eigenvalue weighted by molar-refractivity contribution is 7.26. The van der Waals surface area contributed by atoms with Crippen LogP contribution in [-0.4, -0.2) is 0 Å². The number of nitrogens with zero attached hydrogens (tertiary/aromatic N) is 1. The summed E-state index contributed by atoms with van der Waals surface area (Å²) < 4.78 is 15.8. The molecule has 0 saturated carbocycles. The fraction of sp³-hybridized carbons (Fsp3) is 0. The van der Waals surface area contributed by atoms with Crippen LogP contribution in [0, 0.1) is 0 Å². The summed E-state index contributed by atoms with van der Waals surface area (Å²) in [6.07, 6.45) is 0. The smallest absolute Gasteiger partial charge is 0.136 e. The van der Waals surface area contributed by atoms with Gasteiger partial charge in [-0.25, -0.2) is 0 Å². The Morgan fingerprint density at radius 2 is 0.757 bits per heavy atom. The summed E-state index contributed by atoms with van der Waals surface area (Å²) in [4.78, 5) is 2.45. The Labute approximate surface area is 429 Å². The Morgan fingerprint density at radius 3 is 1.58 bits per heavy atom. The highest BCUT2D eigenvalue weighted by Crippen LogP contribution is 2.49. The van der Waals surface area contributed by atoms with E-state index in [9.17, 15) is 0 Å². The molecule has 344 valence electrons. The molecule has 13 aromatic carbocycles. The zero-order chi connectivity index (χ0) is 48.4. The Morgan fingerprint density at radius 1 is 0.257 bits per heavy atom. The molecule has 3 heterocycles. The minimum atomic E-state index is 0.849. The molecule has 0 amide bonds. The molecule has 16 rings (SSSR count). The largest absolute Gasteiger partial charge is 0.456 e. The number of benzene rings is 13. The summed E-state index contributed by atoms with van der Waals surface area (Å²) in [7, 11) is 0. The minimum Gasteiger partial charge on any atom is -0.456 e. The zero-order valence-corrected chi connectivity index (χ0v) is 40.7. The first-order valence-corrected chi connectivity index (χ1v) is 26.0. The Balaban J connectivity index is 0.938. The molecule has 0 N–H and O–H groups in total. The number of anilines is 3. The van der Waals surface area contributed by atoms with Gasteiger partial charge in [0.15, 0.2) is 0 Å². The summed E-state index contributed by atoms with van der Waals surface area (Å²) in [5.74, 6) is 0. The van der Waals surface area contributed by atoms with Crippen LogP contribution >= 0.6 is 11.3 Å². The van der Waals surface area contributed by atoms with Crippen LogP contribution in [-0.2, 0) is 0 Å². The topological polar surface area (TPSA) is 29.5 Å². The van der Waals surface area contributed by atoms with E-state index in [1.54, 1.807) is 0 Å². The average Bonchev–Trinajstić information content (AvgIpc) is 4.19. The lowest BCUT2D eigenvalue weighted by Crippen LogP contribution is -2.10. The fourth-order valence-corrected chi connectivity index (χ4v) is 13.4. The van der Waals surface area contributed by atoms with Crippen LogP contribution in [0.4, 0.5) is 17.1 Å². The summed E-state index contributed by atoms with van der Waals surface area (Å²) in [5, 5.41) is 16.7. The number of fused-ring (bicyclic) bond motifs is 14. The van der Waals surface area contributed by atoms with Gasteiger partial charge in [0.2, 0.25) is 0 Å². The van der Waals surface area contributed by atoms with E-state index < -0.39 is 0 Å². The molecule has 0 fully saturated rings. The normalized spacial score (nSPS) is 12.1. The van der Waals surface area contributed by atoms with Gasteiger partial charge in [-0.05, 0) is 138 Å². The van der Waals surface area contributed by atoms with Crippen molar-refractivity contribution in [2.45, 2.75) is 0 Å². The van der Waals surface area contributed by atoms with Crippen LogP contribution in [0.5, 0.6) is 0 Å². The number of para-hydroxylation sites is 1. The van der Waals surface area contributed by atoms with Crippen molar-refractivity contribution < 1.29 is 8.83 Å². The maximum Gasteiger partial charge on any atom is 0.136 e. The Kier molecular flexibility index (Phi) is 8.91. The van der Waals surface area contributed by atoms with E-state index in [0.29, 0.717) is 0 Å². The summed E-state index contributed by atoms with van der Waals surface area (Å²) in [6, 6.07) is 90.6. The van der Waals surface area contributed by atoms with E-state index >= 15 is 0 Å². The van der Waals surface area contributed by atoms with E-state index in [0.717, 1.165) is 93.8 Å². The molecule has 3 nitrogen and oxygen atoms in total. The molecule has 0 spiro atoms. The van der Waals surface area contributed by atoms with Crippen LogP contribution < -0.4 is 4.90 Å². The van der Waals surface area contributed by atoms with Crippen LogP contribution in [0.3, 0.4) is 0 Å². The number of rotatable bonds is 6. The van der Waals surface area contributed by atoms with Gasteiger partial charge in [-0.3, -0.25) is 0 Å². The molecule has 0 aliphatic heterocycles. The van der Waals surface area contributed by atoms with Gasteiger partial charge in [-0.15, -0.1) is 11.3 Å². The first-order chi connectivity index (χ1) is 36.7. The van der Waals surface area contributed by atoms with E-state index in [4.69, 9.17) is 8.83 Å². The second-order valence-corrected chi connectivity index (χ2v) is 20.5. The number of hydrogen-bond acceptors (Lipinski definition) is 4. The van der Waals surface area contributed by atoms with Crippen LogP contribution in [0.25, 0.3) is 141 Å². The van der Waals surface area contributed by atoms with Crippen molar-refractivity contribution >= 4 is 136 Å². The second-order valence-electron chi connectivity index (χ2n) is 19.4.